The van der Waals surface area contributed by atoms with Crippen LogP contribution in [-0.4, -0.2) is 29.7 Å². The number of nitrogens with one attached hydrogen (secondary N) is 2. The number of aromatic hydroxyl groups is 1. The summed E-state index contributed by atoms with van der Waals surface area (Å²) >= 11 is 0. The summed E-state index contributed by atoms with van der Waals surface area (Å²) in [5.74, 6) is -0.912. The summed E-state index contributed by atoms with van der Waals surface area (Å²) in [5.41, 5.74) is 3.27. The van der Waals surface area contributed by atoms with Gasteiger partial charge in [-0.2, -0.15) is 5.10 Å². The normalized spacial score (nSPS) is 10.4. The molecule has 24 heavy (non-hydrogen) atoms. The molecule has 124 valence electrons. The number of carbonyl (C=O) groups excluding carboxylic acids is 2. The van der Waals surface area contributed by atoms with Gasteiger partial charge in [-0.3, -0.25) is 9.59 Å². The average Bonchev–Trinajstić information content (AvgIpc) is 2.58. The van der Waals surface area contributed by atoms with E-state index in [0.717, 1.165) is 0 Å². The maximum atomic E-state index is 11.7. The van der Waals surface area contributed by atoms with E-state index in [1.165, 1.54) is 18.3 Å². The molecule has 2 rings (SSSR count). The third-order valence-corrected chi connectivity index (χ3v) is 2.90. The first-order valence-corrected chi connectivity index (χ1v) is 7.24. The zero-order valence-electron chi connectivity index (χ0n) is 13.0. The molecule has 0 aliphatic heterocycles. The van der Waals surface area contributed by atoms with Gasteiger partial charge in [0.1, 0.15) is 11.5 Å². The van der Waals surface area contributed by atoms with Gasteiger partial charge in [-0.1, -0.05) is 0 Å². The molecule has 0 aromatic heterocycles. The number of phenols is 1. The fourth-order valence-electron chi connectivity index (χ4n) is 1.77. The minimum Gasteiger partial charge on any atom is -0.508 e. The van der Waals surface area contributed by atoms with E-state index in [0.29, 0.717) is 23.6 Å². The van der Waals surface area contributed by atoms with Crippen molar-refractivity contribution in [3.63, 3.8) is 0 Å². The van der Waals surface area contributed by atoms with Crippen molar-refractivity contribution in [3.05, 3.63) is 54.1 Å². The predicted octanol–water partition coefficient (Wildman–Crippen LogP) is 1.88. The number of amides is 2. The molecule has 0 heterocycles. The molecule has 0 fully saturated rings. The molecule has 2 aromatic carbocycles. The molecule has 0 aliphatic rings. The highest BCUT2D eigenvalue weighted by atomic mass is 16.5. The van der Waals surface area contributed by atoms with Gasteiger partial charge in [-0.15, -0.1) is 0 Å². The molecule has 0 unspecified atom stereocenters. The zero-order chi connectivity index (χ0) is 17.4. The fraction of sp³-hybridized carbons (Fsp3) is 0.118. The lowest BCUT2D eigenvalue weighted by Gasteiger charge is -2.06. The van der Waals surface area contributed by atoms with Crippen LogP contribution in [0.15, 0.2) is 53.6 Å². The minimum atomic E-state index is -0.890. The highest BCUT2D eigenvalue weighted by molar-refractivity contribution is 6.39. The summed E-state index contributed by atoms with van der Waals surface area (Å²) in [7, 11) is 0. The van der Waals surface area contributed by atoms with Crippen LogP contribution in [0.1, 0.15) is 12.5 Å². The Labute approximate surface area is 139 Å². The SMILES string of the molecule is CCOc1ccc(NC(=O)C(=O)NN=Cc2ccc(O)cc2)cc1. The van der Waals surface area contributed by atoms with Crippen LogP contribution in [0.3, 0.4) is 0 Å². The Hall–Kier alpha value is -3.35. The number of anilines is 1. The van der Waals surface area contributed by atoms with Crippen molar-refractivity contribution in [2.24, 2.45) is 5.10 Å². The van der Waals surface area contributed by atoms with E-state index in [1.807, 2.05) is 6.92 Å². The Morgan fingerprint density at radius 1 is 1.08 bits per heavy atom. The Balaban J connectivity index is 1.85. The number of hydrazone groups is 1. The van der Waals surface area contributed by atoms with E-state index in [-0.39, 0.29) is 5.75 Å². The molecule has 0 saturated carbocycles. The lowest BCUT2D eigenvalue weighted by Crippen LogP contribution is -2.32. The molecule has 0 spiro atoms. The first-order chi connectivity index (χ1) is 11.6. The van der Waals surface area contributed by atoms with Gasteiger partial charge in [0.2, 0.25) is 0 Å². The molecule has 0 bridgehead atoms. The summed E-state index contributed by atoms with van der Waals surface area (Å²) in [6, 6.07) is 12.9. The van der Waals surface area contributed by atoms with Gasteiger partial charge in [0.05, 0.1) is 12.8 Å². The van der Waals surface area contributed by atoms with Crippen molar-refractivity contribution in [2.45, 2.75) is 6.92 Å². The van der Waals surface area contributed by atoms with Gasteiger partial charge < -0.3 is 15.2 Å². The highest BCUT2D eigenvalue weighted by Gasteiger charge is 2.12. The first-order valence-electron chi connectivity index (χ1n) is 7.24. The number of nitrogens with zero attached hydrogens (tertiary/aromatic N) is 1. The van der Waals surface area contributed by atoms with E-state index < -0.39 is 11.8 Å². The number of hydrogen-bond donors (Lipinski definition) is 3. The van der Waals surface area contributed by atoms with E-state index in [9.17, 15) is 9.59 Å². The largest absolute Gasteiger partial charge is 0.508 e. The van der Waals surface area contributed by atoms with Crippen molar-refractivity contribution in [1.29, 1.82) is 0 Å². The molecule has 7 nitrogen and oxygen atoms in total. The van der Waals surface area contributed by atoms with Crippen molar-refractivity contribution in [1.82, 2.24) is 5.43 Å². The van der Waals surface area contributed by atoms with Gasteiger partial charge in [-0.25, -0.2) is 5.43 Å². The Morgan fingerprint density at radius 3 is 2.38 bits per heavy atom. The lowest BCUT2D eigenvalue weighted by atomic mass is 10.2. The summed E-state index contributed by atoms with van der Waals surface area (Å²) in [5, 5.41) is 15.3. The predicted molar refractivity (Wildman–Crippen MR) is 90.1 cm³/mol. The van der Waals surface area contributed by atoms with Gasteiger partial charge in [0.25, 0.3) is 0 Å². The number of carbonyl (C=O) groups is 2. The Bertz CT molecular complexity index is 725. The van der Waals surface area contributed by atoms with Gasteiger partial charge in [-0.05, 0) is 61.0 Å². The summed E-state index contributed by atoms with van der Waals surface area (Å²) < 4.78 is 5.29. The van der Waals surface area contributed by atoms with Crippen LogP contribution in [0.4, 0.5) is 5.69 Å². The van der Waals surface area contributed by atoms with E-state index >= 15 is 0 Å². The molecule has 0 aliphatic carbocycles. The van der Waals surface area contributed by atoms with Crippen LogP contribution in [-0.2, 0) is 9.59 Å². The molecule has 2 amide bonds. The monoisotopic (exact) mass is 327 g/mol. The Morgan fingerprint density at radius 2 is 1.75 bits per heavy atom. The number of phenolic OH excluding ortho intramolecular Hbond substituents is 1. The third-order valence-electron chi connectivity index (χ3n) is 2.90. The topological polar surface area (TPSA) is 100 Å². The summed E-state index contributed by atoms with van der Waals surface area (Å²) in [6.07, 6.45) is 1.36. The number of ether oxygens (including phenoxy) is 1. The van der Waals surface area contributed by atoms with Crippen molar-refractivity contribution >= 4 is 23.7 Å². The van der Waals surface area contributed by atoms with Gasteiger partial charge >= 0.3 is 11.8 Å². The molecule has 3 N–H and O–H groups in total. The van der Waals surface area contributed by atoms with Crippen LogP contribution < -0.4 is 15.5 Å². The second-order valence-electron chi connectivity index (χ2n) is 4.70. The van der Waals surface area contributed by atoms with E-state index in [1.54, 1.807) is 36.4 Å². The maximum absolute atomic E-state index is 11.7. The van der Waals surface area contributed by atoms with Crippen molar-refractivity contribution in [3.8, 4) is 11.5 Å². The van der Waals surface area contributed by atoms with Crippen molar-refractivity contribution in [2.75, 3.05) is 11.9 Å². The molecule has 2 aromatic rings. The first kappa shape index (κ1) is 17.0. The summed E-state index contributed by atoms with van der Waals surface area (Å²) in [4.78, 5) is 23.4. The van der Waals surface area contributed by atoms with Gasteiger partial charge in [0, 0.05) is 5.69 Å². The molecule has 0 atom stereocenters. The number of hydrogen-bond acceptors (Lipinski definition) is 5. The van der Waals surface area contributed by atoms with E-state index in [2.05, 4.69) is 15.8 Å². The molecule has 0 saturated heterocycles. The lowest BCUT2D eigenvalue weighted by molar-refractivity contribution is -0.136. The molecule has 7 heteroatoms. The average molecular weight is 327 g/mol. The van der Waals surface area contributed by atoms with Crippen LogP contribution in [0.5, 0.6) is 11.5 Å². The van der Waals surface area contributed by atoms with Gasteiger partial charge in [0.15, 0.2) is 0 Å². The molecular weight excluding hydrogens is 310 g/mol. The quantitative estimate of drug-likeness (QED) is 0.443. The molecule has 0 radical (unpaired) electrons. The summed E-state index contributed by atoms with van der Waals surface area (Å²) in [6.45, 7) is 2.42. The maximum Gasteiger partial charge on any atom is 0.329 e. The highest BCUT2D eigenvalue weighted by Crippen LogP contribution is 2.15. The zero-order valence-corrected chi connectivity index (χ0v) is 13.0. The molecular formula is C17H17N3O4. The van der Waals surface area contributed by atoms with Crippen LogP contribution in [0.2, 0.25) is 0 Å². The Kier molecular flexibility index (Phi) is 5.90. The van der Waals surface area contributed by atoms with E-state index in [4.69, 9.17) is 9.84 Å². The second-order valence-corrected chi connectivity index (χ2v) is 4.70. The second kappa shape index (κ2) is 8.33. The smallest absolute Gasteiger partial charge is 0.329 e. The van der Waals surface area contributed by atoms with Crippen molar-refractivity contribution < 1.29 is 19.4 Å². The third kappa shape index (κ3) is 5.13. The van der Waals surface area contributed by atoms with Crippen LogP contribution >= 0.6 is 0 Å². The number of benzene rings is 2. The van der Waals surface area contributed by atoms with Crippen LogP contribution in [0.25, 0.3) is 0 Å². The fourth-order valence-corrected chi connectivity index (χ4v) is 1.77. The minimum absolute atomic E-state index is 0.130. The standard InChI is InChI=1S/C17H17N3O4/c1-2-24-15-9-5-13(6-10-15)19-16(22)17(23)20-18-11-12-3-7-14(21)8-4-12/h3-11,21H,2H2,1H3,(H,19,22)(H,20,23). The van der Waals surface area contributed by atoms with Crippen LogP contribution in [0, 0.1) is 0 Å². The number of rotatable bonds is 5.